The largest absolute Gasteiger partial charge is 0.468 e. The van der Waals surface area contributed by atoms with Crippen molar-refractivity contribution in [1.82, 2.24) is 0 Å². The first-order valence-electron chi connectivity index (χ1n) is 5.72. The number of esters is 3. The minimum Gasteiger partial charge on any atom is -0.468 e. The predicted molar refractivity (Wildman–Crippen MR) is 70.3 cm³/mol. The maximum Gasteiger partial charge on any atom is 0.384 e. The molecule has 0 spiro atoms. The highest BCUT2D eigenvalue weighted by Crippen LogP contribution is 2.32. The molecule has 0 atom stereocenters. The van der Waals surface area contributed by atoms with Gasteiger partial charge in [-0.3, -0.25) is 9.59 Å². The van der Waals surface area contributed by atoms with Crippen molar-refractivity contribution in [2.24, 2.45) is 5.41 Å². The van der Waals surface area contributed by atoms with Crippen LogP contribution in [0.15, 0.2) is 12.2 Å². The first-order chi connectivity index (χ1) is 9.33. The molecule has 0 aromatic rings. The highest BCUT2D eigenvalue weighted by Gasteiger charge is 2.47. The quantitative estimate of drug-likeness (QED) is 0.186. The van der Waals surface area contributed by atoms with E-state index in [1.807, 2.05) is 0 Å². The van der Waals surface area contributed by atoms with Gasteiger partial charge in [0.15, 0.2) is 5.41 Å². The van der Waals surface area contributed by atoms with E-state index in [9.17, 15) is 14.4 Å². The molecule has 0 amide bonds. The Morgan fingerprint density at radius 3 is 1.90 bits per heavy atom. The molecule has 0 heterocycles. The lowest BCUT2D eigenvalue weighted by Gasteiger charge is -2.26. The Morgan fingerprint density at radius 1 is 1.05 bits per heavy atom. The minimum atomic E-state index is -1.63. The van der Waals surface area contributed by atoms with Gasteiger partial charge in [0.05, 0.1) is 21.3 Å². The van der Waals surface area contributed by atoms with Gasteiger partial charge in [0.1, 0.15) is 0 Å². The van der Waals surface area contributed by atoms with E-state index in [4.69, 9.17) is 0 Å². The summed E-state index contributed by atoms with van der Waals surface area (Å²) < 4.78 is 13.7. The maximum absolute atomic E-state index is 12.0. The third-order valence-corrected chi connectivity index (χ3v) is 2.52. The summed E-state index contributed by atoms with van der Waals surface area (Å²) >= 11 is 0. The van der Waals surface area contributed by atoms with Crippen LogP contribution in [-0.2, 0) is 28.6 Å². The molecule has 110 valence electrons. The zero-order valence-electron chi connectivity index (χ0n) is 12.1. The third-order valence-electron chi connectivity index (χ3n) is 2.52. The Morgan fingerprint density at radius 2 is 1.55 bits per heavy atom. The van der Waals surface area contributed by atoms with Gasteiger partial charge in [0, 0.05) is 12.3 Å². The molecule has 0 aliphatic carbocycles. The molecule has 0 saturated carbocycles. The first kappa shape index (κ1) is 17.7. The Labute approximate surface area is 118 Å². The van der Waals surface area contributed by atoms with Crippen molar-refractivity contribution < 1.29 is 28.6 Å². The molecular formula is C14H18O6. The number of allylic oxidation sites excluding steroid dienone is 1. The number of carbonyl (C=O) groups excluding carboxylic acids is 3. The fourth-order valence-electron chi connectivity index (χ4n) is 1.66. The van der Waals surface area contributed by atoms with E-state index in [0.717, 1.165) is 14.2 Å². The second-order valence-corrected chi connectivity index (χ2v) is 4.17. The number of rotatable bonds is 5. The number of ether oxygens (including phenoxy) is 3. The van der Waals surface area contributed by atoms with Crippen molar-refractivity contribution in [3.8, 4) is 11.8 Å². The molecule has 0 unspecified atom stereocenters. The standard InChI is InChI=1S/C14H18O6/c1-10(2)9-14(12(16)19-4,13(17)20-5)8-6-7-11(15)18-3/h1,8-9H2,2-5H3. The molecule has 0 aromatic heterocycles. The summed E-state index contributed by atoms with van der Waals surface area (Å²) in [6.45, 7) is 5.34. The topological polar surface area (TPSA) is 78.9 Å². The van der Waals surface area contributed by atoms with Crippen LogP contribution < -0.4 is 0 Å². The molecule has 0 aliphatic heterocycles. The number of carbonyl (C=O) groups is 3. The molecule has 6 heteroatoms. The lowest BCUT2D eigenvalue weighted by Crippen LogP contribution is -2.41. The van der Waals surface area contributed by atoms with Crippen LogP contribution in [0.1, 0.15) is 19.8 Å². The Balaban J connectivity index is 5.53. The molecule has 0 bridgehead atoms. The smallest absolute Gasteiger partial charge is 0.384 e. The number of methoxy groups -OCH3 is 3. The van der Waals surface area contributed by atoms with Gasteiger partial charge in [-0.2, -0.15) is 0 Å². The fourth-order valence-corrected chi connectivity index (χ4v) is 1.66. The fraction of sp³-hybridized carbons (Fsp3) is 0.500. The highest BCUT2D eigenvalue weighted by molar-refractivity contribution is 6.01. The van der Waals surface area contributed by atoms with Crippen LogP contribution in [0.4, 0.5) is 0 Å². The molecule has 0 aliphatic rings. The summed E-state index contributed by atoms with van der Waals surface area (Å²) in [7, 11) is 3.50. The average Bonchev–Trinajstić information content (AvgIpc) is 2.43. The number of hydrogen-bond donors (Lipinski definition) is 0. The minimum absolute atomic E-state index is 0.0161. The molecule has 0 saturated heterocycles. The van der Waals surface area contributed by atoms with Crippen LogP contribution >= 0.6 is 0 Å². The second kappa shape index (κ2) is 8.00. The van der Waals surface area contributed by atoms with E-state index in [0.29, 0.717) is 5.57 Å². The lowest BCUT2D eigenvalue weighted by molar-refractivity contribution is -0.168. The molecule has 0 N–H and O–H groups in total. The molecule has 0 radical (unpaired) electrons. The van der Waals surface area contributed by atoms with Gasteiger partial charge in [-0.05, 0) is 13.3 Å². The van der Waals surface area contributed by atoms with Gasteiger partial charge >= 0.3 is 17.9 Å². The average molecular weight is 282 g/mol. The summed E-state index contributed by atoms with van der Waals surface area (Å²) in [5, 5.41) is 0. The lowest BCUT2D eigenvalue weighted by atomic mass is 9.79. The van der Waals surface area contributed by atoms with Crippen LogP contribution in [0.3, 0.4) is 0 Å². The Kier molecular flexibility index (Phi) is 7.08. The first-order valence-corrected chi connectivity index (χ1v) is 5.72. The monoisotopic (exact) mass is 282 g/mol. The molecule has 20 heavy (non-hydrogen) atoms. The van der Waals surface area contributed by atoms with Gasteiger partial charge in [-0.15, -0.1) is 6.58 Å². The molecule has 0 fully saturated rings. The van der Waals surface area contributed by atoms with Crippen LogP contribution in [-0.4, -0.2) is 39.2 Å². The second-order valence-electron chi connectivity index (χ2n) is 4.17. The zero-order chi connectivity index (χ0) is 15.8. The third kappa shape index (κ3) is 4.43. The van der Waals surface area contributed by atoms with Gasteiger partial charge in [-0.25, -0.2) is 4.79 Å². The molecule has 0 rings (SSSR count). The Hall–Kier alpha value is -2.29. The van der Waals surface area contributed by atoms with E-state index in [1.165, 1.54) is 7.11 Å². The summed E-state index contributed by atoms with van der Waals surface area (Å²) in [6, 6.07) is 0. The van der Waals surface area contributed by atoms with E-state index in [2.05, 4.69) is 32.6 Å². The SMILES string of the molecule is C=C(C)CC(CC#CC(=O)OC)(C(=O)OC)C(=O)OC. The van der Waals surface area contributed by atoms with Crippen molar-refractivity contribution in [3.63, 3.8) is 0 Å². The molecular weight excluding hydrogens is 264 g/mol. The van der Waals surface area contributed by atoms with Gasteiger partial charge < -0.3 is 14.2 Å². The van der Waals surface area contributed by atoms with Crippen LogP contribution in [0, 0.1) is 17.3 Å². The summed E-state index contributed by atoms with van der Waals surface area (Å²) in [6.07, 6.45) is -0.212. The Bertz CT molecular complexity index is 450. The van der Waals surface area contributed by atoms with Crippen LogP contribution in [0.25, 0.3) is 0 Å². The predicted octanol–water partition coefficient (Wildman–Crippen LogP) is 0.851. The van der Waals surface area contributed by atoms with E-state index in [1.54, 1.807) is 6.92 Å². The normalized spacial score (nSPS) is 9.80. The van der Waals surface area contributed by atoms with Crippen molar-refractivity contribution >= 4 is 17.9 Å². The molecule has 0 aromatic carbocycles. The summed E-state index contributed by atoms with van der Waals surface area (Å²) in [5.41, 5.74) is -1.04. The van der Waals surface area contributed by atoms with Gasteiger partial charge in [0.2, 0.25) is 0 Å². The highest BCUT2D eigenvalue weighted by atomic mass is 16.5. The zero-order valence-corrected chi connectivity index (χ0v) is 12.1. The van der Waals surface area contributed by atoms with Gasteiger partial charge in [0.25, 0.3) is 0 Å². The van der Waals surface area contributed by atoms with Crippen LogP contribution in [0.5, 0.6) is 0 Å². The van der Waals surface area contributed by atoms with Crippen LogP contribution in [0.2, 0.25) is 0 Å². The summed E-state index contributed by atoms with van der Waals surface area (Å²) in [5.74, 6) is 2.28. The van der Waals surface area contributed by atoms with Crippen molar-refractivity contribution in [2.45, 2.75) is 19.8 Å². The number of hydrogen-bond acceptors (Lipinski definition) is 6. The molecule has 6 nitrogen and oxygen atoms in total. The van der Waals surface area contributed by atoms with Gasteiger partial charge in [-0.1, -0.05) is 11.5 Å². The van der Waals surface area contributed by atoms with Crippen molar-refractivity contribution in [1.29, 1.82) is 0 Å². The van der Waals surface area contributed by atoms with Crippen molar-refractivity contribution in [2.75, 3.05) is 21.3 Å². The van der Waals surface area contributed by atoms with E-state index < -0.39 is 23.3 Å². The van der Waals surface area contributed by atoms with E-state index >= 15 is 0 Å². The summed E-state index contributed by atoms with van der Waals surface area (Å²) in [4.78, 5) is 34.9. The maximum atomic E-state index is 12.0. The van der Waals surface area contributed by atoms with Crippen molar-refractivity contribution in [3.05, 3.63) is 12.2 Å². The van der Waals surface area contributed by atoms with E-state index in [-0.39, 0.29) is 12.8 Å².